The Labute approximate surface area is 163 Å². The average Bonchev–Trinajstić information content (AvgIpc) is 2.60. The molecule has 9 heteroatoms. The van der Waals surface area contributed by atoms with Gasteiger partial charge in [0.15, 0.2) is 0 Å². The molecule has 0 spiro atoms. The summed E-state index contributed by atoms with van der Waals surface area (Å²) in [7, 11) is 9.59. The van der Waals surface area contributed by atoms with Gasteiger partial charge >= 0.3 is 33.3 Å². The van der Waals surface area contributed by atoms with E-state index in [1.807, 2.05) is 0 Å². The van der Waals surface area contributed by atoms with Crippen molar-refractivity contribution in [2.75, 3.05) is 78.5 Å². The van der Waals surface area contributed by atoms with E-state index < -0.39 is 0 Å². The number of nitrogens with zero attached hydrogens (tertiary/aromatic N) is 1. The number of likely N-dealkylation sites (N-methyl/N-ethyl adjacent to an activating group) is 1. The maximum atomic E-state index is 4.80. The van der Waals surface area contributed by atoms with Crippen LogP contribution in [0.1, 0.15) is 13.8 Å². The molecule has 1 aliphatic heterocycles. The Morgan fingerprint density at radius 3 is 1.67 bits per heavy atom. The van der Waals surface area contributed by atoms with Gasteiger partial charge in [-0.15, -0.1) is 0 Å². The van der Waals surface area contributed by atoms with Gasteiger partial charge in [-0.2, -0.15) is 0 Å². The molecule has 0 saturated carbocycles. The van der Waals surface area contributed by atoms with E-state index in [-0.39, 0.29) is 13.1 Å². The van der Waals surface area contributed by atoms with Crippen molar-refractivity contribution in [1.29, 1.82) is 0 Å². The fraction of sp³-hybridized carbons (Fsp3) is 1.00. The van der Waals surface area contributed by atoms with Gasteiger partial charge in [0, 0.05) is 71.5 Å². The molecule has 0 radical (unpaired) electrons. The molecule has 1 saturated heterocycles. The second-order valence-electron chi connectivity index (χ2n) is 5.65. The standard InChI is InChI=1S/C15H36N6.2ClH.Mn/c1-3-21(4-2)14-15-13-19-10-9-17-6-5-16-7-8-18-11-12-20-15;;;/h15-20H,3-14H2,1-2H3;2*1H;/q;;;+2/p-2. The predicted molar refractivity (Wildman–Crippen MR) is 103 cm³/mol. The van der Waals surface area contributed by atoms with Crippen LogP contribution in [0.2, 0.25) is 0 Å². The van der Waals surface area contributed by atoms with Crippen molar-refractivity contribution < 1.29 is 13.1 Å². The molecule has 6 nitrogen and oxygen atoms in total. The average molecular weight is 426 g/mol. The van der Waals surface area contributed by atoms with E-state index in [0.717, 1.165) is 78.5 Å². The van der Waals surface area contributed by atoms with E-state index in [2.05, 4.69) is 45.3 Å². The Kier molecular flexibility index (Phi) is 20.9. The zero-order chi connectivity index (χ0) is 17.9. The molecule has 147 valence electrons. The number of halogens is 2. The van der Waals surface area contributed by atoms with Crippen LogP contribution in [0.25, 0.3) is 0 Å². The summed E-state index contributed by atoms with van der Waals surface area (Å²) in [5.74, 6) is 0. The van der Waals surface area contributed by atoms with Gasteiger partial charge in [-0.25, -0.2) is 0 Å². The van der Waals surface area contributed by atoms with Gasteiger partial charge in [0.25, 0.3) is 0 Å². The summed E-state index contributed by atoms with van der Waals surface area (Å²) in [4.78, 5) is 2.49. The van der Waals surface area contributed by atoms with E-state index in [4.69, 9.17) is 20.2 Å². The number of hydrogen-bond acceptors (Lipinski definition) is 6. The van der Waals surface area contributed by atoms with Gasteiger partial charge in [0.2, 0.25) is 0 Å². The van der Waals surface area contributed by atoms with Crippen molar-refractivity contribution in [1.82, 2.24) is 31.5 Å². The second-order valence-corrected chi connectivity index (χ2v) is 7.59. The second kappa shape index (κ2) is 20.2. The molecule has 24 heavy (non-hydrogen) atoms. The zero-order valence-electron chi connectivity index (χ0n) is 15.1. The van der Waals surface area contributed by atoms with Crippen LogP contribution < -0.4 is 26.6 Å². The minimum absolute atomic E-state index is 0.00694. The van der Waals surface area contributed by atoms with Crippen molar-refractivity contribution in [3.05, 3.63) is 0 Å². The first kappa shape index (κ1) is 24.9. The monoisotopic (exact) mass is 425 g/mol. The van der Waals surface area contributed by atoms with Crippen molar-refractivity contribution in [3.63, 3.8) is 0 Å². The molecule has 0 bridgehead atoms. The molecule has 0 aromatic carbocycles. The molecule has 1 aliphatic rings. The first-order valence-electron chi connectivity index (χ1n) is 8.94. The summed E-state index contributed by atoms with van der Waals surface area (Å²) >= 11 is 0.00694. The number of hydrogen-bond donors (Lipinski definition) is 5. The number of rotatable bonds is 4. The van der Waals surface area contributed by atoms with Crippen LogP contribution in [0.4, 0.5) is 0 Å². The van der Waals surface area contributed by atoms with Crippen molar-refractivity contribution in [2.24, 2.45) is 0 Å². The third-order valence-electron chi connectivity index (χ3n) is 3.93. The van der Waals surface area contributed by atoms with E-state index >= 15 is 0 Å². The van der Waals surface area contributed by atoms with Crippen LogP contribution >= 0.6 is 20.2 Å². The Bertz CT molecular complexity index is 234. The van der Waals surface area contributed by atoms with E-state index in [0.29, 0.717) is 6.04 Å². The van der Waals surface area contributed by atoms with Gasteiger partial charge in [-0.3, -0.25) is 0 Å². The summed E-state index contributed by atoms with van der Waals surface area (Å²) in [5, 5.41) is 17.6. The van der Waals surface area contributed by atoms with Crippen LogP contribution in [0.3, 0.4) is 0 Å². The molecule has 1 heterocycles. The van der Waals surface area contributed by atoms with Crippen LogP contribution in [-0.2, 0) is 13.1 Å². The maximum absolute atomic E-state index is 4.80. The molecule has 0 aromatic heterocycles. The summed E-state index contributed by atoms with van der Waals surface area (Å²) < 4.78 is 0. The van der Waals surface area contributed by atoms with Crippen LogP contribution in [0, 0.1) is 0 Å². The quantitative estimate of drug-likeness (QED) is 0.410. The van der Waals surface area contributed by atoms with Crippen LogP contribution in [-0.4, -0.2) is 89.5 Å². The molecule has 1 rings (SSSR count). The van der Waals surface area contributed by atoms with E-state index in [9.17, 15) is 0 Å². The molecule has 0 aromatic rings. The SMILES string of the molecule is CCN(CC)CC1CNCCNCCNCCNCCN1.[Cl][Mn][Cl]. The minimum atomic E-state index is 0.00694. The summed E-state index contributed by atoms with van der Waals surface area (Å²) in [6, 6.07) is 0.523. The van der Waals surface area contributed by atoms with Crippen LogP contribution in [0.15, 0.2) is 0 Å². The Hall–Kier alpha value is 0.859. The molecular weight excluding hydrogens is 390 g/mol. The fourth-order valence-corrected chi connectivity index (χ4v) is 2.54. The molecular formula is C15H36Cl2MnN6. The van der Waals surface area contributed by atoms with Crippen molar-refractivity contribution in [2.45, 2.75) is 19.9 Å². The third-order valence-corrected chi connectivity index (χ3v) is 3.93. The topological polar surface area (TPSA) is 63.4 Å². The summed E-state index contributed by atoms with van der Waals surface area (Å²) in [6.45, 7) is 17.2. The Balaban J connectivity index is 0.00000163. The Morgan fingerprint density at radius 2 is 1.21 bits per heavy atom. The van der Waals surface area contributed by atoms with E-state index in [1.54, 1.807) is 0 Å². The fourth-order valence-electron chi connectivity index (χ4n) is 2.54. The molecule has 1 atom stereocenters. The predicted octanol–water partition coefficient (Wildman–Crippen LogP) is 0.0349. The first-order chi connectivity index (χ1) is 11.8. The van der Waals surface area contributed by atoms with Gasteiger partial charge in [-0.05, 0) is 13.1 Å². The molecule has 0 amide bonds. The Morgan fingerprint density at radius 1 is 0.792 bits per heavy atom. The van der Waals surface area contributed by atoms with Gasteiger partial charge in [-0.1, -0.05) is 13.8 Å². The van der Waals surface area contributed by atoms with Gasteiger partial charge < -0.3 is 31.5 Å². The summed E-state index contributed by atoms with van der Waals surface area (Å²) in [5.41, 5.74) is 0. The van der Waals surface area contributed by atoms with Crippen molar-refractivity contribution >= 4 is 20.2 Å². The van der Waals surface area contributed by atoms with E-state index in [1.165, 1.54) is 0 Å². The first-order valence-corrected chi connectivity index (χ1v) is 12.2. The number of nitrogens with one attached hydrogen (secondary N) is 5. The zero-order valence-corrected chi connectivity index (χ0v) is 17.8. The summed E-state index contributed by atoms with van der Waals surface area (Å²) in [6.07, 6.45) is 0. The third kappa shape index (κ3) is 16.3. The van der Waals surface area contributed by atoms with Gasteiger partial charge in [0.1, 0.15) is 0 Å². The van der Waals surface area contributed by atoms with Gasteiger partial charge in [0.05, 0.1) is 0 Å². The van der Waals surface area contributed by atoms with Crippen LogP contribution in [0.5, 0.6) is 0 Å². The normalized spacial score (nSPS) is 22.1. The van der Waals surface area contributed by atoms with Crippen molar-refractivity contribution in [3.8, 4) is 0 Å². The molecule has 1 fully saturated rings. The molecule has 5 N–H and O–H groups in total. The molecule has 1 unspecified atom stereocenters. The molecule has 0 aliphatic carbocycles.